The Morgan fingerprint density at radius 3 is 2.06 bits per heavy atom. The minimum absolute atomic E-state index is 0.0489. The highest BCUT2D eigenvalue weighted by molar-refractivity contribution is 5.94. The monoisotopic (exact) mass is 446 g/mol. The van der Waals surface area contributed by atoms with Crippen LogP contribution in [0, 0.1) is 0 Å². The lowest BCUT2D eigenvalue weighted by Gasteiger charge is -2.20. The first-order chi connectivity index (χ1) is 16.0. The van der Waals surface area contributed by atoms with Gasteiger partial charge in [-0.05, 0) is 36.4 Å². The summed E-state index contributed by atoms with van der Waals surface area (Å²) in [5, 5.41) is 1.04. The number of carbonyl (C=O) groups is 1. The maximum Gasteiger partial charge on any atom is 0.320 e. The SMILES string of the molecule is CN(Cc1nc2ccccc2n1C(F)F)C(=O)Cn1c2ccccc2c(=O)c2ccccc21. The van der Waals surface area contributed by atoms with E-state index in [1.54, 1.807) is 72.3 Å². The molecule has 0 atom stereocenters. The molecule has 0 aliphatic rings. The lowest BCUT2D eigenvalue weighted by Crippen LogP contribution is -2.31. The normalized spacial score (nSPS) is 11.6. The molecule has 0 saturated carbocycles. The Labute approximate surface area is 187 Å². The second-order valence-electron chi connectivity index (χ2n) is 7.86. The minimum Gasteiger partial charge on any atom is -0.337 e. The number of fused-ring (bicyclic) bond motifs is 3. The number of hydrogen-bond donors (Lipinski definition) is 0. The van der Waals surface area contributed by atoms with Crippen LogP contribution in [0.2, 0.25) is 0 Å². The molecule has 5 aromatic rings. The van der Waals surface area contributed by atoms with Gasteiger partial charge in [-0.15, -0.1) is 0 Å². The number of imidazole rings is 1. The molecule has 2 aromatic heterocycles. The summed E-state index contributed by atoms with van der Waals surface area (Å²) in [5.74, 6) is -0.182. The van der Waals surface area contributed by atoms with Crippen molar-refractivity contribution < 1.29 is 13.6 Å². The van der Waals surface area contributed by atoms with Crippen LogP contribution in [0.3, 0.4) is 0 Å². The lowest BCUT2D eigenvalue weighted by atomic mass is 10.1. The van der Waals surface area contributed by atoms with Crippen molar-refractivity contribution >= 4 is 38.7 Å². The van der Waals surface area contributed by atoms with Gasteiger partial charge in [0.05, 0.1) is 28.6 Å². The van der Waals surface area contributed by atoms with E-state index in [1.807, 2.05) is 12.1 Å². The number of carbonyl (C=O) groups excluding carboxylic acids is 1. The zero-order chi connectivity index (χ0) is 23.1. The van der Waals surface area contributed by atoms with Crippen molar-refractivity contribution in [1.29, 1.82) is 0 Å². The predicted molar refractivity (Wildman–Crippen MR) is 123 cm³/mol. The maximum atomic E-state index is 13.8. The summed E-state index contributed by atoms with van der Waals surface area (Å²) in [6.07, 6.45) is 0. The minimum atomic E-state index is -2.78. The van der Waals surface area contributed by atoms with Crippen molar-refractivity contribution in [2.45, 2.75) is 19.6 Å². The number of alkyl halides is 2. The van der Waals surface area contributed by atoms with Gasteiger partial charge in [0.1, 0.15) is 12.4 Å². The van der Waals surface area contributed by atoms with Crippen LogP contribution in [0.5, 0.6) is 0 Å². The number of rotatable bonds is 5. The van der Waals surface area contributed by atoms with Gasteiger partial charge >= 0.3 is 6.55 Å². The standard InChI is InChI=1S/C25H20F2N4O2/c1-29(14-22-28-18-10-4-7-13-21(18)31(22)25(26)27)23(32)15-30-19-11-5-2-8-16(19)24(33)17-9-3-6-12-20(17)30/h2-13,25H,14-15H2,1H3. The van der Waals surface area contributed by atoms with Crippen molar-refractivity contribution in [3.63, 3.8) is 0 Å². The van der Waals surface area contributed by atoms with E-state index in [1.165, 1.54) is 4.90 Å². The molecule has 0 radical (unpaired) electrons. The second kappa shape index (κ2) is 8.12. The van der Waals surface area contributed by atoms with Gasteiger partial charge in [0, 0.05) is 17.8 Å². The van der Waals surface area contributed by atoms with Crippen molar-refractivity contribution in [2.24, 2.45) is 0 Å². The van der Waals surface area contributed by atoms with Crippen molar-refractivity contribution in [2.75, 3.05) is 7.05 Å². The number of amides is 1. The summed E-state index contributed by atoms with van der Waals surface area (Å²) in [5.41, 5.74) is 1.96. The molecule has 2 heterocycles. The third-order valence-electron chi connectivity index (χ3n) is 5.84. The fourth-order valence-electron chi connectivity index (χ4n) is 4.23. The number of aromatic nitrogens is 3. The molecule has 166 valence electrons. The molecule has 0 aliphatic heterocycles. The Bertz CT molecular complexity index is 1510. The van der Waals surface area contributed by atoms with Crippen LogP contribution >= 0.6 is 0 Å². The molecule has 6 nitrogen and oxygen atoms in total. The van der Waals surface area contributed by atoms with E-state index in [0.29, 0.717) is 32.8 Å². The summed E-state index contributed by atoms with van der Waals surface area (Å²) < 4.78 is 30.2. The summed E-state index contributed by atoms with van der Waals surface area (Å²) >= 11 is 0. The van der Waals surface area contributed by atoms with E-state index in [0.717, 1.165) is 4.57 Å². The lowest BCUT2D eigenvalue weighted by molar-refractivity contribution is -0.131. The van der Waals surface area contributed by atoms with Gasteiger partial charge in [0.25, 0.3) is 0 Å². The quantitative estimate of drug-likeness (QED) is 0.372. The first-order valence-corrected chi connectivity index (χ1v) is 10.4. The van der Waals surface area contributed by atoms with Gasteiger partial charge in [-0.25, -0.2) is 4.98 Å². The van der Waals surface area contributed by atoms with Gasteiger partial charge in [0.15, 0.2) is 5.43 Å². The van der Waals surface area contributed by atoms with Crippen molar-refractivity contribution in [3.05, 3.63) is 88.8 Å². The summed E-state index contributed by atoms with van der Waals surface area (Å²) in [6.45, 7) is -2.90. The maximum absolute atomic E-state index is 13.8. The van der Waals surface area contributed by atoms with E-state index < -0.39 is 6.55 Å². The van der Waals surface area contributed by atoms with Gasteiger partial charge in [-0.3, -0.25) is 14.2 Å². The molecule has 0 N–H and O–H groups in total. The van der Waals surface area contributed by atoms with Crippen LogP contribution in [0.1, 0.15) is 12.4 Å². The molecule has 0 bridgehead atoms. The average Bonchev–Trinajstić information content (AvgIpc) is 3.19. The number of halogens is 2. The largest absolute Gasteiger partial charge is 0.337 e. The number of likely N-dealkylation sites (N-methyl/N-ethyl adjacent to an activating group) is 1. The molecule has 5 rings (SSSR count). The van der Waals surface area contributed by atoms with Crippen molar-refractivity contribution in [1.82, 2.24) is 19.0 Å². The molecule has 0 aliphatic carbocycles. The number of benzene rings is 3. The Hall–Kier alpha value is -4.07. The van der Waals surface area contributed by atoms with E-state index in [-0.39, 0.29) is 30.2 Å². The smallest absolute Gasteiger partial charge is 0.320 e. The number of nitrogens with zero attached hydrogens (tertiary/aromatic N) is 4. The molecule has 3 aromatic carbocycles. The predicted octanol–water partition coefficient (Wildman–Crippen LogP) is 4.56. The molecule has 1 amide bonds. The van der Waals surface area contributed by atoms with Crippen LogP contribution in [-0.2, 0) is 17.9 Å². The Morgan fingerprint density at radius 1 is 0.909 bits per heavy atom. The Kier molecular flexibility index (Phi) is 5.12. The Balaban J connectivity index is 1.52. The zero-order valence-corrected chi connectivity index (χ0v) is 17.8. The number of para-hydroxylation sites is 4. The van der Waals surface area contributed by atoms with Gasteiger partial charge < -0.3 is 9.47 Å². The van der Waals surface area contributed by atoms with Gasteiger partial charge in [0.2, 0.25) is 5.91 Å². The Morgan fingerprint density at radius 2 is 1.45 bits per heavy atom. The molecule has 8 heteroatoms. The van der Waals surface area contributed by atoms with Crippen LogP contribution in [0.15, 0.2) is 77.6 Å². The first-order valence-electron chi connectivity index (χ1n) is 10.4. The average molecular weight is 446 g/mol. The molecule has 0 fully saturated rings. The third-order valence-corrected chi connectivity index (χ3v) is 5.84. The number of hydrogen-bond acceptors (Lipinski definition) is 3. The fourth-order valence-corrected chi connectivity index (χ4v) is 4.23. The molecule has 0 saturated heterocycles. The van der Waals surface area contributed by atoms with Crippen molar-refractivity contribution in [3.8, 4) is 0 Å². The highest BCUT2D eigenvalue weighted by Crippen LogP contribution is 2.24. The topological polar surface area (TPSA) is 60.1 Å². The zero-order valence-electron chi connectivity index (χ0n) is 17.8. The van der Waals surface area contributed by atoms with Crippen LogP contribution < -0.4 is 5.43 Å². The summed E-state index contributed by atoms with van der Waals surface area (Å²) in [7, 11) is 1.56. The molecular formula is C25H20F2N4O2. The molecule has 0 spiro atoms. The van der Waals surface area contributed by atoms with E-state index in [2.05, 4.69) is 4.98 Å². The third kappa shape index (κ3) is 3.53. The van der Waals surface area contributed by atoms with Crippen LogP contribution in [0.25, 0.3) is 32.8 Å². The van der Waals surface area contributed by atoms with E-state index in [4.69, 9.17) is 0 Å². The first kappa shape index (κ1) is 20.8. The van der Waals surface area contributed by atoms with Gasteiger partial charge in [-0.1, -0.05) is 36.4 Å². The van der Waals surface area contributed by atoms with Gasteiger partial charge in [-0.2, -0.15) is 8.78 Å². The summed E-state index contributed by atoms with van der Waals surface area (Å²) in [4.78, 5) is 31.8. The molecular weight excluding hydrogens is 426 g/mol. The fraction of sp³-hybridized carbons (Fsp3) is 0.160. The van der Waals surface area contributed by atoms with E-state index >= 15 is 0 Å². The van der Waals surface area contributed by atoms with Crippen LogP contribution in [0.4, 0.5) is 8.78 Å². The van der Waals surface area contributed by atoms with Crippen LogP contribution in [-0.4, -0.2) is 32.0 Å². The molecule has 33 heavy (non-hydrogen) atoms. The molecule has 0 unspecified atom stereocenters. The van der Waals surface area contributed by atoms with E-state index in [9.17, 15) is 18.4 Å². The highest BCUT2D eigenvalue weighted by atomic mass is 19.3. The second-order valence-corrected chi connectivity index (χ2v) is 7.86. The summed E-state index contributed by atoms with van der Waals surface area (Å²) in [6, 6.07) is 20.9. The highest BCUT2D eigenvalue weighted by Gasteiger charge is 2.21. The number of pyridine rings is 1.